The van der Waals surface area contributed by atoms with E-state index in [4.69, 9.17) is 17.7 Å². The molecule has 2 nitrogen and oxygen atoms in total. The van der Waals surface area contributed by atoms with Crippen LogP contribution in [0.2, 0.25) is 5.82 Å². The van der Waals surface area contributed by atoms with Gasteiger partial charge in [-0.05, 0) is 17.8 Å². The largest absolute Gasteiger partial charge is 0.513 e. The van der Waals surface area contributed by atoms with Crippen molar-refractivity contribution in [3.63, 3.8) is 0 Å². The van der Waals surface area contributed by atoms with Gasteiger partial charge < -0.3 is 9.84 Å². The Morgan fingerprint density at radius 1 is 1.29 bits per heavy atom. The molecule has 2 radical (unpaired) electrons. The molecule has 0 fully saturated rings. The van der Waals surface area contributed by atoms with Crippen LogP contribution in [0, 0.1) is 0 Å². The predicted octanol–water partition coefficient (Wildman–Crippen LogP) is 3.53. The van der Waals surface area contributed by atoms with Gasteiger partial charge in [0.05, 0.1) is 19.4 Å². The molecule has 0 aliphatic heterocycles. The second-order valence-corrected chi connectivity index (χ2v) is 3.95. The number of hydrogen-bond donors (Lipinski definition) is 1. The normalized spacial score (nSPS) is 11.8. The zero-order valence-electron chi connectivity index (χ0n) is 9.93. The van der Waals surface area contributed by atoms with Crippen molar-refractivity contribution < 1.29 is 9.84 Å². The second kappa shape index (κ2) is 6.84. The predicted molar refractivity (Wildman–Crippen MR) is 70.9 cm³/mol. The lowest BCUT2D eigenvalue weighted by Gasteiger charge is -2.12. The van der Waals surface area contributed by atoms with Crippen molar-refractivity contribution in [1.29, 1.82) is 0 Å². The van der Waals surface area contributed by atoms with Crippen molar-refractivity contribution in [1.82, 2.24) is 0 Å². The Balaban J connectivity index is 2.24. The van der Waals surface area contributed by atoms with Crippen molar-refractivity contribution in [3.05, 3.63) is 60.6 Å². The molecule has 0 saturated carbocycles. The molecule has 0 aromatic heterocycles. The van der Waals surface area contributed by atoms with Gasteiger partial charge in [0.1, 0.15) is 6.61 Å². The quantitative estimate of drug-likeness (QED) is 0.571. The van der Waals surface area contributed by atoms with Crippen LogP contribution in [0.4, 0.5) is 0 Å². The van der Waals surface area contributed by atoms with Gasteiger partial charge in [0.15, 0.2) is 0 Å². The smallest absolute Gasteiger partial charge is 0.113 e. The molecule has 0 unspecified atom stereocenters. The fourth-order valence-corrected chi connectivity index (χ4v) is 1.31. The Kier molecular flexibility index (Phi) is 5.41. The van der Waals surface area contributed by atoms with Gasteiger partial charge in [0, 0.05) is 6.42 Å². The fourth-order valence-electron chi connectivity index (χ4n) is 1.31. The van der Waals surface area contributed by atoms with E-state index in [1.54, 1.807) is 0 Å². The molecule has 0 saturated heterocycles. The molecule has 17 heavy (non-hydrogen) atoms. The first-order valence-electron chi connectivity index (χ1n) is 5.57. The summed E-state index contributed by atoms with van der Waals surface area (Å²) < 4.78 is 5.50. The summed E-state index contributed by atoms with van der Waals surface area (Å²) in [5.41, 5.74) is 1.10. The maximum absolute atomic E-state index is 9.05. The van der Waals surface area contributed by atoms with Gasteiger partial charge in [-0.3, -0.25) is 0 Å². The maximum atomic E-state index is 9.05. The van der Waals surface area contributed by atoms with Crippen LogP contribution in [0.25, 0.3) is 0 Å². The summed E-state index contributed by atoms with van der Waals surface area (Å²) in [4.78, 5) is 0. The lowest BCUT2D eigenvalue weighted by molar-refractivity contribution is 0.188. The molecule has 0 spiro atoms. The van der Waals surface area contributed by atoms with Gasteiger partial charge in [-0.2, -0.15) is 0 Å². The van der Waals surface area contributed by atoms with E-state index in [9.17, 15) is 0 Å². The van der Waals surface area contributed by atoms with Gasteiger partial charge >= 0.3 is 0 Å². The average Bonchev–Trinajstić information content (AvgIpc) is 2.34. The third-order valence-corrected chi connectivity index (χ3v) is 2.45. The Morgan fingerprint density at radius 2 is 1.94 bits per heavy atom. The minimum atomic E-state index is -0.410. The monoisotopic (exact) mass is 228 g/mol. The lowest BCUT2D eigenvalue weighted by Crippen LogP contribution is -1.98. The summed E-state index contributed by atoms with van der Waals surface area (Å²) in [6.45, 7) is 7.71. The molecule has 0 bridgehead atoms. The molecule has 1 rings (SSSR count). The number of hydrogen-bond acceptors (Lipinski definition) is 2. The van der Waals surface area contributed by atoms with E-state index < -0.39 is 5.82 Å². The Labute approximate surface area is 104 Å². The van der Waals surface area contributed by atoms with E-state index in [-0.39, 0.29) is 5.76 Å². The molecule has 1 atom stereocenters. The van der Waals surface area contributed by atoms with E-state index in [0.717, 1.165) is 5.56 Å². The first-order chi connectivity index (χ1) is 8.09. The molecule has 0 amide bonds. The molecular weight excluding hydrogens is 211 g/mol. The minimum Gasteiger partial charge on any atom is -0.513 e. The molecular formula is C14H17BO2. The highest BCUT2D eigenvalue weighted by Gasteiger charge is 2.06. The summed E-state index contributed by atoms with van der Waals surface area (Å²) in [5.74, 6) is 0.262. The number of aliphatic hydroxyl groups excluding tert-OH is 1. The van der Waals surface area contributed by atoms with E-state index in [0.29, 0.717) is 25.2 Å². The molecule has 0 heterocycles. The van der Waals surface area contributed by atoms with Crippen molar-refractivity contribution >= 4 is 7.85 Å². The summed E-state index contributed by atoms with van der Waals surface area (Å²) in [6, 6.07) is 9.88. The molecule has 88 valence electrons. The van der Waals surface area contributed by atoms with Crippen LogP contribution in [0.1, 0.15) is 18.4 Å². The van der Waals surface area contributed by atoms with E-state index >= 15 is 0 Å². The number of ether oxygens (including phenoxy) is 1. The Morgan fingerprint density at radius 3 is 2.53 bits per heavy atom. The summed E-state index contributed by atoms with van der Waals surface area (Å²) >= 11 is 0. The highest BCUT2D eigenvalue weighted by atomic mass is 16.5. The van der Waals surface area contributed by atoms with Crippen LogP contribution >= 0.6 is 0 Å². The molecule has 3 heteroatoms. The lowest BCUT2D eigenvalue weighted by atomic mass is 9.82. The van der Waals surface area contributed by atoms with Crippen molar-refractivity contribution in [2.75, 3.05) is 0 Å². The molecule has 0 aliphatic rings. The zero-order valence-corrected chi connectivity index (χ0v) is 9.93. The number of allylic oxidation sites excluding steroid dienone is 2. The minimum absolute atomic E-state index is 0.000796. The van der Waals surface area contributed by atoms with Gasteiger partial charge in [-0.1, -0.05) is 43.5 Å². The van der Waals surface area contributed by atoms with Crippen molar-refractivity contribution in [2.24, 2.45) is 0 Å². The van der Waals surface area contributed by atoms with E-state index in [1.807, 2.05) is 30.3 Å². The molecule has 1 aromatic carbocycles. The first kappa shape index (κ1) is 13.4. The molecule has 1 N–H and O–H groups in total. The standard InChI is InChI=1S/C14H17BO2/c1-11(8-9-14(15)12(2)16)17-10-13-6-4-3-5-7-13/h3-7,14,16H,1-2,8-10H2/t14-/m0/s1. The number of benzene rings is 1. The number of rotatable bonds is 7. The van der Waals surface area contributed by atoms with Crippen molar-refractivity contribution in [2.45, 2.75) is 25.3 Å². The molecule has 1 aromatic rings. The van der Waals surface area contributed by atoms with Crippen molar-refractivity contribution in [3.8, 4) is 0 Å². The maximum Gasteiger partial charge on any atom is 0.113 e. The Bertz CT molecular complexity index is 373. The van der Waals surface area contributed by atoms with Crippen LogP contribution in [-0.4, -0.2) is 13.0 Å². The third kappa shape index (κ3) is 5.30. The second-order valence-electron chi connectivity index (χ2n) is 3.95. The average molecular weight is 228 g/mol. The van der Waals surface area contributed by atoms with E-state index in [2.05, 4.69) is 13.2 Å². The van der Waals surface area contributed by atoms with Crippen LogP contribution in [-0.2, 0) is 11.3 Å². The third-order valence-electron chi connectivity index (χ3n) is 2.45. The first-order valence-corrected chi connectivity index (χ1v) is 5.57. The number of aliphatic hydroxyl groups is 1. The van der Waals surface area contributed by atoms with Gasteiger partial charge in [0.25, 0.3) is 0 Å². The van der Waals surface area contributed by atoms with E-state index in [1.165, 1.54) is 0 Å². The fraction of sp³-hybridized carbons (Fsp3) is 0.286. The summed E-state index contributed by atoms with van der Waals surface area (Å²) in [5, 5.41) is 9.05. The SMILES string of the molecule is [B][C@@H](CCC(=C)OCc1ccccc1)C(=C)O. The highest BCUT2D eigenvalue weighted by molar-refractivity contribution is 6.13. The summed E-state index contributed by atoms with van der Waals surface area (Å²) in [7, 11) is 5.63. The van der Waals surface area contributed by atoms with Crippen LogP contribution in [0.5, 0.6) is 0 Å². The van der Waals surface area contributed by atoms with Crippen LogP contribution in [0.15, 0.2) is 55.0 Å². The zero-order chi connectivity index (χ0) is 12.7. The Hall–Kier alpha value is -1.64. The molecule has 0 aliphatic carbocycles. The van der Waals surface area contributed by atoms with Gasteiger partial charge in [-0.25, -0.2) is 0 Å². The van der Waals surface area contributed by atoms with Crippen LogP contribution in [0.3, 0.4) is 0 Å². The van der Waals surface area contributed by atoms with Gasteiger partial charge in [-0.15, -0.1) is 0 Å². The highest BCUT2D eigenvalue weighted by Crippen LogP contribution is 2.19. The van der Waals surface area contributed by atoms with Gasteiger partial charge in [0.2, 0.25) is 0 Å². The summed E-state index contributed by atoms with van der Waals surface area (Å²) in [6.07, 6.45) is 1.20. The van der Waals surface area contributed by atoms with Crippen LogP contribution < -0.4 is 0 Å². The topological polar surface area (TPSA) is 29.5 Å².